The molecule has 0 saturated carbocycles. The van der Waals surface area contributed by atoms with E-state index in [2.05, 4.69) is 5.10 Å². The monoisotopic (exact) mass is 231 g/mol. The fourth-order valence-electron chi connectivity index (χ4n) is 1.81. The Hall–Kier alpha value is -1.97. The Balaban J connectivity index is 2.58. The number of hydrogen-bond acceptors (Lipinski definition) is 3. The van der Waals surface area contributed by atoms with Crippen LogP contribution in [0.4, 0.5) is 5.69 Å². The van der Waals surface area contributed by atoms with Gasteiger partial charge in [-0.15, -0.1) is 0 Å². The number of methoxy groups -OCH3 is 1. The Kier molecular flexibility index (Phi) is 3.04. The van der Waals surface area contributed by atoms with Crippen LogP contribution in [-0.4, -0.2) is 16.9 Å². The number of aromatic nitrogens is 2. The molecule has 1 heterocycles. The molecule has 0 spiro atoms. The van der Waals surface area contributed by atoms with Crippen LogP contribution in [0.5, 0.6) is 5.75 Å². The van der Waals surface area contributed by atoms with E-state index < -0.39 is 0 Å². The third kappa shape index (κ3) is 2.11. The second-order valence-corrected chi connectivity index (χ2v) is 3.99. The van der Waals surface area contributed by atoms with E-state index >= 15 is 0 Å². The number of aryl methyl sites for hydroxylation is 2. The topological polar surface area (TPSA) is 53.1 Å². The third-order valence-corrected chi connectivity index (χ3v) is 2.72. The van der Waals surface area contributed by atoms with Crippen molar-refractivity contribution in [3.8, 4) is 17.0 Å². The summed E-state index contributed by atoms with van der Waals surface area (Å²) in [6, 6.07) is 5.99. The molecule has 0 aliphatic rings. The molecule has 1 aromatic heterocycles. The second-order valence-electron chi connectivity index (χ2n) is 3.99. The van der Waals surface area contributed by atoms with Gasteiger partial charge in [0.05, 0.1) is 12.8 Å². The molecular formula is C13H17N3O. The fourth-order valence-corrected chi connectivity index (χ4v) is 1.81. The summed E-state index contributed by atoms with van der Waals surface area (Å²) in [5, 5.41) is 4.46. The van der Waals surface area contributed by atoms with Crippen LogP contribution in [0.25, 0.3) is 11.3 Å². The first-order valence-electron chi connectivity index (χ1n) is 5.63. The summed E-state index contributed by atoms with van der Waals surface area (Å²) in [7, 11) is 1.65. The van der Waals surface area contributed by atoms with Gasteiger partial charge in [0, 0.05) is 18.3 Å². The molecule has 0 aliphatic heterocycles. The van der Waals surface area contributed by atoms with Crippen molar-refractivity contribution in [2.45, 2.75) is 20.4 Å². The molecule has 0 radical (unpaired) electrons. The Labute approximate surface area is 101 Å². The number of nitrogens with two attached hydrogens (primary N) is 1. The highest BCUT2D eigenvalue weighted by molar-refractivity contribution is 5.77. The van der Waals surface area contributed by atoms with Gasteiger partial charge in [0.1, 0.15) is 11.4 Å². The van der Waals surface area contributed by atoms with E-state index in [-0.39, 0.29) is 0 Å². The van der Waals surface area contributed by atoms with E-state index in [9.17, 15) is 0 Å². The second kappa shape index (κ2) is 4.49. The van der Waals surface area contributed by atoms with Crippen LogP contribution in [0.1, 0.15) is 12.5 Å². The molecule has 2 N–H and O–H groups in total. The van der Waals surface area contributed by atoms with Gasteiger partial charge in [-0.2, -0.15) is 5.10 Å². The minimum atomic E-state index is 0.677. The van der Waals surface area contributed by atoms with Gasteiger partial charge in [0.2, 0.25) is 0 Å². The molecule has 4 nitrogen and oxygen atoms in total. The fraction of sp³-hybridized carbons (Fsp3) is 0.308. The first-order chi connectivity index (χ1) is 8.15. The number of rotatable bonds is 3. The molecule has 0 unspecified atom stereocenters. The molecule has 4 heteroatoms. The number of benzene rings is 1. The van der Waals surface area contributed by atoms with Crippen LogP contribution in [0.15, 0.2) is 24.4 Å². The third-order valence-electron chi connectivity index (χ3n) is 2.72. The summed E-state index contributed by atoms with van der Waals surface area (Å²) >= 11 is 0. The van der Waals surface area contributed by atoms with E-state index in [0.717, 1.165) is 29.1 Å². The zero-order chi connectivity index (χ0) is 12.4. The number of nitrogens with zero attached hydrogens (tertiary/aromatic N) is 2. The summed E-state index contributed by atoms with van der Waals surface area (Å²) in [5.41, 5.74) is 9.55. The van der Waals surface area contributed by atoms with Crippen LogP contribution >= 0.6 is 0 Å². The summed E-state index contributed by atoms with van der Waals surface area (Å²) in [6.07, 6.45) is 1.84. The van der Waals surface area contributed by atoms with Gasteiger partial charge < -0.3 is 10.5 Å². The van der Waals surface area contributed by atoms with Crippen molar-refractivity contribution in [3.63, 3.8) is 0 Å². The van der Waals surface area contributed by atoms with Gasteiger partial charge in [-0.25, -0.2) is 0 Å². The lowest BCUT2D eigenvalue weighted by atomic mass is 10.1. The van der Waals surface area contributed by atoms with Crippen molar-refractivity contribution >= 4 is 5.69 Å². The zero-order valence-corrected chi connectivity index (χ0v) is 10.4. The molecule has 0 aliphatic carbocycles. The van der Waals surface area contributed by atoms with Crippen LogP contribution < -0.4 is 10.5 Å². The molecule has 0 atom stereocenters. The molecule has 0 saturated heterocycles. The van der Waals surface area contributed by atoms with Crippen LogP contribution in [0.3, 0.4) is 0 Å². The number of hydrogen-bond donors (Lipinski definition) is 1. The quantitative estimate of drug-likeness (QED) is 0.882. The van der Waals surface area contributed by atoms with Gasteiger partial charge in [-0.05, 0) is 26.0 Å². The smallest absolute Gasteiger partial charge is 0.128 e. The predicted molar refractivity (Wildman–Crippen MR) is 69.0 cm³/mol. The van der Waals surface area contributed by atoms with E-state index in [4.69, 9.17) is 10.5 Å². The van der Waals surface area contributed by atoms with E-state index in [1.54, 1.807) is 7.11 Å². The van der Waals surface area contributed by atoms with Gasteiger partial charge >= 0.3 is 0 Å². The Morgan fingerprint density at radius 2 is 2.18 bits per heavy atom. The van der Waals surface area contributed by atoms with Gasteiger partial charge in [-0.1, -0.05) is 11.6 Å². The van der Waals surface area contributed by atoms with Crippen LogP contribution in [0, 0.1) is 6.92 Å². The Morgan fingerprint density at radius 3 is 2.76 bits per heavy atom. The van der Waals surface area contributed by atoms with Gasteiger partial charge in [0.25, 0.3) is 0 Å². The van der Waals surface area contributed by atoms with Gasteiger partial charge in [-0.3, -0.25) is 4.68 Å². The first-order valence-corrected chi connectivity index (χ1v) is 5.63. The summed E-state index contributed by atoms with van der Waals surface area (Å²) in [5.74, 6) is 0.795. The van der Waals surface area contributed by atoms with Crippen molar-refractivity contribution in [2.75, 3.05) is 12.8 Å². The molecule has 0 bridgehead atoms. The summed E-state index contributed by atoms with van der Waals surface area (Å²) in [4.78, 5) is 0. The summed E-state index contributed by atoms with van der Waals surface area (Å²) in [6.45, 7) is 4.87. The lowest BCUT2D eigenvalue weighted by Gasteiger charge is -2.07. The SMILES string of the molecule is CCn1cc(N)c(-c2cc(C)ccc2OC)n1. The predicted octanol–water partition coefficient (Wildman–Crippen LogP) is 2.47. The Morgan fingerprint density at radius 1 is 1.41 bits per heavy atom. The van der Waals surface area contributed by atoms with E-state index in [1.807, 2.05) is 42.9 Å². The normalized spacial score (nSPS) is 10.5. The van der Waals surface area contributed by atoms with E-state index in [0.29, 0.717) is 5.69 Å². The maximum Gasteiger partial charge on any atom is 0.128 e. The maximum atomic E-state index is 5.98. The summed E-state index contributed by atoms with van der Waals surface area (Å²) < 4.78 is 7.17. The number of anilines is 1. The van der Waals surface area contributed by atoms with Crippen molar-refractivity contribution in [2.24, 2.45) is 0 Å². The average molecular weight is 231 g/mol. The lowest BCUT2D eigenvalue weighted by molar-refractivity contribution is 0.416. The van der Waals surface area contributed by atoms with Crippen LogP contribution in [0.2, 0.25) is 0 Å². The molecule has 90 valence electrons. The zero-order valence-electron chi connectivity index (χ0n) is 10.4. The van der Waals surface area contributed by atoms with E-state index in [1.165, 1.54) is 0 Å². The lowest BCUT2D eigenvalue weighted by Crippen LogP contribution is -1.95. The highest BCUT2D eigenvalue weighted by Crippen LogP contribution is 2.33. The minimum Gasteiger partial charge on any atom is -0.496 e. The molecule has 2 aromatic rings. The molecule has 0 fully saturated rings. The minimum absolute atomic E-state index is 0.677. The van der Waals surface area contributed by atoms with Crippen molar-refractivity contribution in [3.05, 3.63) is 30.0 Å². The Bertz CT molecular complexity index is 531. The number of ether oxygens (including phenoxy) is 1. The molecule has 2 rings (SSSR count). The molecule has 1 aromatic carbocycles. The number of nitrogen functional groups attached to an aromatic ring is 1. The largest absolute Gasteiger partial charge is 0.496 e. The van der Waals surface area contributed by atoms with Crippen LogP contribution in [-0.2, 0) is 6.54 Å². The molecular weight excluding hydrogens is 214 g/mol. The van der Waals surface area contributed by atoms with Crippen molar-refractivity contribution < 1.29 is 4.74 Å². The molecule has 0 amide bonds. The standard InChI is InChI=1S/C13H17N3O/c1-4-16-8-11(14)13(15-16)10-7-9(2)5-6-12(10)17-3/h5-8H,4,14H2,1-3H3. The highest BCUT2D eigenvalue weighted by atomic mass is 16.5. The molecule has 17 heavy (non-hydrogen) atoms. The highest BCUT2D eigenvalue weighted by Gasteiger charge is 2.13. The van der Waals surface area contributed by atoms with Crippen molar-refractivity contribution in [1.29, 1.82) is 0 Å². The van der Waals surface area contributed by atoms with Gasteiger partial charge in [0.15, 0.2) is 0 Å². The first kappa shape index (κ1) is 11.5. The maximum absolute atomic E-state index is 5.98. The van der Waals surface area contributed by atoms with Crippen molar-refractivity contribution in [1.82, 2.24) is 9.78 Å². The average Bonchev–Trinajstić information content (AvgIpc) is 2.70.